The van der Waals surface area contributed by atoms with Gasteiger partial charge in [-0.3, -0.25) is 10.0 Å². The molecular weight excluding hydrogens is 154 g/mol. The van der Waals surface area contributed by atoms with Crippen molar-refractivity contribution < 1.29 is 10.0 Å². The lowest BCUT2D eigenvalue weighted by atomic mass is 10.1. The molecule has 0 aliphatic carbocycles. The van der Waals surface area contributed by atoms with Crippen LogP contribution in [-0.4, -0.2) is 11.1 Å². The van der Waals surface area contributed by atoms with Gasteiger partial charge in [-0.1, -0.05) is 31.7 Å². The third kappa shape index (κ3) is 5.68. The van der Waals surface area contributed by atoms with E-state index in [1.807, 2.05) is 19.1 Å². The molecule has 0 rings (SSSR count). The number of hydrogen-bond donors (Lipinski definition) is 2. The van der Waals surface area contributed by atoms with Crippen molar-refractivity contribution in [2.45, 2.75) is 19.8 Å². The second-order valence-corrected chi connectivity index (χ2v) is 2.67. The Balaban J connectivity index is 3.56. The van der Waals surface area contributed by atoms with Gasteiger partial charge in [-0.25, -0.2) is 5.48 Å². The van der Waals surface area contributed by atoms with E-state index in [4.69, 9.17) is 5.21 Å². The number of carbonyl (C=O) groups is 1. The SMILES string of the molecule is C=C/C=C/[C@H](C)CCC(=O)NO. The Morgan fingerprint density at radius 2 is 2.42 bits per heavy atom. The van der Waals surface area contributed by atoms with E-state index < -0.39 is 0 Å². The largest absolute Gasteiger partial charge is 0.289 e. The van der Waals surface area contributed by atoms with Crippen LogP contribution in [0.1, 0.15) is 19.8 Å². The van der Waals surface area contributed by atoms with Gasteiger partial charge in [0, 0.05) is 6.42 Å². The number of hydroxylamine groups is 1. The topological polar surface area (TPSA) is 49.3 Å². The van der Waals surface area contributed by atoms with Crippen molar-refractivity contribution in [2.24, 2.45) is 5.92 Å². The average molecular weight is 169 g/mol. The summed E-state index contributed by atoms with van der Waals surface area (Å²) in [4.78, 5) is 10.6. The third-order valence-electron chi connectivity index (χ3n) is 1.53. The van der Waals surface area contributed by atoms with Crippen LogP contribution in [0.3, 0.4) is 0 Å². The number of hydrogen-bond acceptors (Lipinski definition) is 2. The van der Waals surface area contributed by atoms with Crippen LogP contribution in [0.2, 0.25) is 0 Å². The lowest BCUT2D eigenvalue weighted by Crippen LogP contribution is -2.18. The van der Waals surface area contributed by atoms with Gasteiger partial charge in [-0.2, -0.15) is 0 Å². The molecular formula is C9H15NO2. The first-order valence-corrected chi connectivity index (χ1v) is 3.93. The van der Waals surface area contributed by atoms with Gasteiger partial charge in [0.05, 0.1) is 0 Å². The maximum Gasteiger partial charge on any atom is 0.243 e. The van der Waals surface area contributed by atoms with Crippen LogP contribution >= 0.6 is 0 Å². The van der Waals surface area contributed by atoms with Crippen LogP contribution in [0.25, 0.3) is 0 Å². The molecule has 3 nitrogen and oxygen atoms in total. The molecule has 0 aliphatic rings. The van der Waals surface area contributed by atoms with Crippen molar-refractivity contribution in [2.75, 3.05) is 0 Å². The maximum absolute atomic E-state index is 10.6. The molecule has 0 aromatic carbocycles. The molecule has 0 aromatic rings. The molecule has 68 valence electrons. The highest BCUT2D eigenvalue weighted by Crippen LogP contribution is 2.06. The van der Waals surface area contributed by atoms with E-state index in [1.165, 1.54) is 0 Å². The fraction of sp³-hybridized carbons (Fsp3) is 0.444. The summed E-state index contributed by atoms with van der Waals surface area (Å²) in [7, 11) is 0. The number of rotatable bonds is 5. The first-order valence-electron chi connectivity index (χ1n) is 3.93. The predicted octanol–water partition coefficient (Wildman–Crippen LogP) is 1.65. The number of nitrogens with one attached hydrogen (secondary N) is 1. The minimum Gasteiger partial charge on any atom is -0.289 e. The summed E-state index contributed by atoms with van der Waals surface area (Å²) in [6.45, 7) is 5.54. The number of carbonyl (C=O) groups excluding carboxylic acids is 1. The van der Waals surface area contributed by atoms with Crippen LogP contribution in [0.15, 0.2) is 24.8 Å². The summed E-state index contributed by atoms with van der Waals surface area (Å²) in [6, 6.07) is 0. The zero-order valence-electron chi connectivity index (χ0n) is 7.29. The molecule has 0 aromatic heterocycles. The normalized spacial score (nSPS) is 12.8. The molecule has 1 atom stereocenters. The van der Waals surface area contributed by atoms with Gasteiger partial charge in [0.1, 0.15) is 0 Å². The highest BCUT2D eigenvalue weighted by Gasteiger charge is 2.01. The van der Waals surface area contributed by atoms with Crippen molar-refractivity contribution in [3.63, 3.8) is 0 Å². The summed E-state index contributed by atoms with van der Waals surface area (Å²) in [6.07, 6.45) is 6.59. The quantitative estimate of drug-likeness (QED) is 0.373. The lowest BCUT2D eigenvalue weighted by Gasteiger charge is -2.03. The first-order chi connectivity index (χ1) is 5.70. The molecule has 0 radical (unpaired) electrons. The summed E-state index contributed by atoms with van der Waals surface area (Å²) in [5.74, 6) is -0.00541. The van der Waals surface area contributed by atoms with Crippen molar-refractivity contribution in [3.05, 3.63) is 24.8 Å². The number of amides is 1. The number of allylic oxidation sites excluding steroid dienone is 3. The Labute approximate surface area is 72.7 Å². The summed E-state index contributed by atoms with van der Waals surface area (Å²) < 4.78 is 0. The Morgan fingerprint density at radius 3 is 2.92 bits per heavy atom. The maximum atomic E-state index is 10.6. The van der Waals surface area contributed by atoms with Gasteiger partial charge in [0.15, 0.2) is 0 Å². The van der Waals surface area contributed by atoms with E-state index in [9.17, 15) is 4.79 Å². The lowest BCUT2D eigenvalue weighted by molar-refractivity contribution is -0.129. The molecule has 0 spiro atoms. The van der Waals surface area contributed by atoms with E-state index in [1.54, 1.807) is 11.6 Å². The monoisotopic (exact) mass is 169 g/mol. The Kier molecular flexibility index (Phi) is 6.01. The molecule has 0 saturated carbocycles. The standard InChI is InChI=1S/C9H15NO2/c1-3-4-5-8(2)6-7-9(11)10-12/h3-5,8,12H,1,6-7H2,2H3,(H,10,11)/b5-4+/t8-/m0/s1. The zero-order valence-corrected chi connectivity index (χ0v) is 7.29. The smallest absolute Gasteiger partial charge is 0.243 e. The molecule has 0 aliphatic heterocycles. The highest BCUT2D eigenvalue weighted by atomic mass is 16.5. The highest BCUT2D eigenvalue weighted by molar-refractivity contribution is 5.74. The second-order valence-electron chi connectivity index (χ2n) is 2.67. The van der Waals surface area contributed by atoms with Crippen molar-refractivity contribution in [1.82, 2.24) is 5.48 Å². The molecule has 0 fully saturated rings. The first kappa shape index (κ1) is 10.9. The van der Waals surface area contributed by atoms with Gasteiger partial charge < -0.3 is 0 Å². The summed E-state index contributed by atoms with van der Waals surface area (Å²) in [5, 5.41) is 8.19. The van der Waals surface area contributed by atoms with E-state index >= 15 is 0 Å². The van der Waals surface area contributed by atoms with E-state index in [2.05, 4.69) is 6.58 Å². The molecule has 0 heterocycles. The Hall–Kier alpha value is -1.09. The molecule has 0 bridgehead atoms. The second kappa shape index (κ2) is 6.61. The fourth-order valence-electron chi connectivity index (χ4n) is 0.779. The van der Waals surface area contributed by atoms with Crippen LogP contribution in [-0.2, 0) is 4.79 Å². The molecule has 3 heteroatoms. The van der Waals surface area contributed by atoms with Gasteiger partial charge >= 0.3 is 0 Å². The van der Waals surface area contributed by atoms with Crippen molar-refractivity contribution in [3.8, 4) is 0 Å². The van der Waals surface area contributed by atoms with Gasteiger partial charge in [-0.15, -0.1) is 0 Å². The summed E-state index contributed by atoms with van der Waals surface area (Å²) >= 11 is 0. The third-order valence-corrected chi connectivity index (χ3v) is 1.53. The van der Waals surface area contributed by atoms with Gasteiger partial charge in [0.25, 0.3) is 0 Å². The molecule has 2 N–H and O–H groups in total. The minimum atomic E-state index is -0.339. The van der Waals surface area contributed by atoms with E-state index in [0.29, 0.717) is 12.3 Å². The van der Waals surface area contributed by atoms with E-state index in [0.717, 1.165) is 6.42 Å². The molecule has 0 saturated heterocycles. The Bertz CT molecular complexity index is 175. The van der Waals surface area contributed by atoms with Crippen molar-refractivity contribution >= 4 is 5.91 Å². The van der Waals surface area contributed by atoms with Gasteiger partial charge in [-0.05, 0) is 12.3 Å². The minimum absolute atomic E-state index is 0.334. The van der Waals surface area contributed by atoms with Crippen LogP contribution in [0.5, 0.6) is 0 Å². The Morgan fingerprint density at radius 1 is 1.75 bits per heavy atom. The molecule has 0 unspecified atom stereocenters. The zero-order chi connectivity index (χ0) is 9.40. The van der Waals surface area contributed by atoms with Crippen LogP contribution in [0.4, 0.5) is 0 Å². The fourth-order valence-corrected chi connectivity index (χ4v) is 0.779. The van der Waals surface area contributed by atoms with Crippen LogP contribution < -0.4 is 5.48 Å². The van der Waals surface area contributed by atoms with Crippen LogP contribution in [0, 0.1) is 5.92 Å². The molecule has 1 amide bonds. The average Bonchev–Trinajstić information content (AvgIpc) is 2.10. The molecule has 12 heavy (non-hydrogen) atoms. The summed E-state index contributed by atoms with van der Waals surface area (Å²) in [5.41, 5.74) is 1.59. The van der Waals surface area contributed by atoms with Gasteiger partial charge in [0.2, 0.25) is 5.91 Å². The predicted molar refractivity (Wildman–Crippen MR) is 47.7 cm³/mol. The van der Waals surface area contributed by atoms with Crippen molar-refractivity contribution in [1.29, 1.82) is 0 Å². The van der Waals surface area contributed by atoms with E-state index in [-0.39, 0.29) is 5.91 Å².